The SMILES string of the molecule is C/C=C/CCC1CCC(C#Cc2cccc3c(F)c(C=C(F)F)ccc23)CC1. The molecule has 1 fully saturated rings. The predicted molar refractivity (Wildman–Crippen MR) is 110 cm³/mol. The molecular formula is C25H25F3. The third-order valence-electron chi connectivity index (χ3n) is 5.53. The molecule has 0 atom stereocenters. The lowest BCUT2D eigenvalue weighted by Gasteiger charge is -2.25. The number of hydrogen-bond acceptors (Lipinski definition) is 0. The molecule has 0 amide bonds. The van der Waals surface area contributed by atoms with Crippen LogP contribution in [0.4, 0.5) is 13.2 Å². The number of fused-ring (bicyclic) bond motifs is 1. The molecule has 3 rings (SSSR count). The zero-order chi connectivity index (χ0) is 19.9. The van der Waals surface area contributed by atoms with Crippen LogP contribution >= 0.6 is 0 Å². The van der Waals surface area contributed by atoms with E-state index in [0.29, 0.717) is 22.8 Å². The van der Waals surface area contributed by atoms with Gasteiger partial charge in [0.25, 0.3) is 6.08 Å². The highest BCUT2D eigenvalue weighted by Gasteiger charge is 2.19. The highest BCUT2D eigenvalue weighted by molar-refractivity contribution is 5.90. The first-order valence-corrected chi connectivity index (χ1v) is 9.95. The molecule has 1 aliphatic carbocycles. The molecule has 0 radical (unpaired) electrons. The molecule has 0 aliphatic heterocycles. The van der Waals surface area contributed by atoms with Crippen LogP contribution in [0.5, 0.6) is 0 Å². The summed E-state index contributed by atoms with van der Waals surface area (Å²) in [5, 5.41) is 0.999. The Hall–Kier alpha value is -2.47. The van der Waals surface area contributed by atoms with Gasteiger partial charge in [-0.2, -0.15) is 8.78 Å². The number of rotatable bonds is 4. The van der Waals surface area contributed by atoms with E-state index in [9.17, 15) is 13.2 Å². The van der Waals surface area contributed by atoms with Crippen LogP contribution in [0.1, 0.15) is 56.6 Å². The van der Waals surface area contributed by atoms with Crippen molar-refractivity contribution in [3.63, 3.8) is 0 Å². The Labute approximate surface area is 165 Å². The van der Waals surface area contributed by atoms with Crippen molar-refractivity contribution >= 4 is 16.8 Å². The van der Waals surface area contributed by atoms with Crippen molar-refractivity contribution in [1.82, 2.24) is 0 Å². The van der Waals surface area contributed by atoms with Gasteiger partial charge in [-0.15, -0.1) is 0 Å². The van der Waals surface area contributed by atoms with E-state index in [-0.39, 0.29) is 5.56 Å². The molecule has 0 saturated heterocycles. The lowest BCUT2D eigenvalue weighted by Crippen LogP contribution is -2.13. The minimum atomic E-state index is -1.91. The van der Waals surface area contributed by atoms with Crippen molar-refractivity contribution in [3.8, 4) is 11.8 Å². The fourth-order valence-corrected chi connectivity index (χ4v) is 3.95. The van der Waals surface area contributed by atoms with Crippen molar-refractivity contribution in [2.24, 2.45) is 11.8 Å². The summed E-state index contributed by atoms with van der Waals surface area (Å²) in [6, 6.07) is 8.27. The highest BCUT2D eigenvalue weighted by atomic mass is 19.3. The van der Waals surface area contributed by atoms with Gasteiger partial charge < -0.3 is 0 Å². The summed E-state index contributed by atoms with van der Waals surface area (Å²) < 4.78 is 39.5. The predicted octanol–water partition coefficient (Wildman–Crippen LogP) is 7.73. The summed E-state index contributed by atoms with van der Waals surface area (Å²) in [6.07, 6.45) is 10.0. The van der Waals surface area contributed by atoms with E-state index >= 15 is 0 Å². The maximum atomic E-state index is 14.5. The fourth-order valence-electron chi connectivity index (χ4n) is 3.95. The fraction of sp³-hybridized carbons (Fsp3) is 0.360. The summed E-state index contributed by atoms with van der Waals surface area (Å²) in [5.74, 6) is 7.13. The van der Waals surface area contributed by atoms with Gasteiger partial charge in [-0.3, -0.25) is 0 Å². The first-order valence-electron chi connectivity index (χ1n) is 9.95. The van der Waals surface area contributed by atoms with E-state index < -0.39 is 11.9 Å². The average Bonchev–Trinajstić information content (AvgIpc) is 2.69. The summed E-state index contributed by atoms with van der Waals surface area (Å²) in [6.45, 7) is 2.06. The summed E-state index contributed by atoms with van der Waals surface area (Å²) in [5.41, 5.74) is 0.650. The number of allylic oxidation sites excluding steroid dienone is 2. The van der Waals surface area contributed by atoms with Crippen LogP contribution in [0.3, 0.4) is 0 Å². The van der Waals surface area contributed by atoms with Gasteiger partial charge in [-0.1, -0.05) is 48.3 Å². The lowest BCUT2D eigenvalue weighted by molar-refractivity contribution is 0.303. The van der Waals surface area contributed by atoms with Crippen molar-refractivity contribution in [1.29, 1.82) is 0 Å². The van der Waals surface area contributed by atoms with Crippen molar-refractivity contribution in [2.75, 3.05) is 0 Å². The molecule has 2 aromatic rings. The topological polar surface area (TPSA) is 0 Å². The van der Waals surface area contributed by atoms with Crippen LogP contribution in [-0.4, -0.2) is 0 Å². The van der Waals surface area contributed by atoms with E-state index in [4.69, 9.17) is 0 Å². The lowest BCUT2D eigenvalue weighted by atomic mass is 9.80. The Kier molecular flexibility index (Phi) is 6.98. The standard InChI is InChI=1S/C25H25F3/c1-2-3-4-6-18-9-11-19(12-10-18)13-14-20-7-5-8-23-22(20)16-15-21(25(23)28)17-24(26)27/h2-3,5,7-8,15-19H,4,6,9-12H2,1H3/b3-2+. The average molecular weight is 382 g/mol. The Bertz CT molecular complexity index is 931. The van der Waals surface area contributed by atoms with Crippen LogP contribution in [0, 0.1) is 29.5 Å². The molecule has 0 unspecified atom stereocenters. The van der Waals surface area contributed by atoms with Crippen molar-refractivity contribution in [3.05, 3.63) is 65.5 Å². The van der Waals surface area contributed by atoms with Gasteiger partial charge in [0.2, 0.25) is 0 Å². The molecule has 146 valence electrons. The van der Waals surface area contributed by atoms with Gasteiger partial charge in [0.1, 0.15) is 5.82 Å². The third-order valence-corrected chi connectivity index (χ3v) is 5.53. The van der Waals surface area contributed by atoms with Crippen LogP contribution in [-0.2, 0) is 0 Å². The molecule has 28 heavy (non-hydrogen) atoms. The number of halogens is 3. The Morgan fingerprint density at radius 1 is 1.07 bits per heavy atom. The maximum absolute atomic E-state index is 14.5. The molecule has 3 heteroatoms. The third kappa shape index (κ3) is 5.07. The second-order valence-corrected chi connectivity index (χ2v) is 7.44. The van der Waals surface area contributed by atoms with Crippen LogP contribution < -0.4 is 0 Å². The molecule has 0 N–H and O–H groups in total. The van der Waals surface area contributed by atoms with Crippen molar-refractivity contribution < 1.29 is 13.2 Å². The van der Waals surface area contributed by atoms with Crippen molar-refractivity contribution in [2.45, 2.75) is 45.4 Å². The van der Waals surface area contributed by atoms with Gasteiger partial charge in [0, 0.05) is 33.9 Å². The molecular weight excluding hydrogens is 357 g/mol. The second kappa shape index (κ2) is 9.64. The number of benzene rings is 2. The molecule has 2 aromatic carbocycles. The Balaban J connectivity index is 1.74. The van der Waals surface area contributed by atoms with Gasteiger partial charge in [0.15, 0.2) is 0 Å². The summed E-state index contributed by atoms with van der Waals surface area (Å²) in [7, 11) is 0. The minimum Gasteiger partial charge on any atom is -0.206 e. The van der Waals surface area contributed by atoms with Gasteiger partial charge >= 0.3 is 0 Å². The van der Waals surface area contributed by atoms with E-state index in [1.54, 1.807) is 18.2 Å². The monoisotopic (exact) mass is 382 g/mol. The second-order valence-electron chi connectivity index (χ2n) is 7.44. The molecule has 1 aliphatic rings. The summed E-state index contributed by atoms with van der Waals surface area (Å²) in [4.78, 5) is 0. The Morgan fingerprint density at radius 2 is 1.86 bits per heavy atom. The van der Waals surface area contributed by atoms with E-state index in [2.05, 4.69) is 30.9 Å². The van der Waals surface area contributed by atoms with E-state index in [1.807, 2.05) is 6.07 Å². The normalized spacial score (nSPS) is 19.4. The molecule has 0 spiro atoms. The molecule has 1 saturated carbocycles. The van der Waals surface area contributed by atoms with Gasteiger partial charge in [0.05, 0.1) is 0 Å². The van der Waals surface area contributed by atoms with Crippen LogP contribution in [0.15, 0.2) is 48.6 Å². The first-order chi connectivity index (χ1) is 13.6. The largest absolute Gasteiger partial charge is 0.271 e. The summed E-state index contributed by atoms with van der Waals surface area (Å²) >= 11 is 0. The van der Waals surface area contributed by atoms with E-state index in [0.717, 1.165) is 30.7 Å². The molecule has 0 heterocycles. The molecule has 0 nitrogen and oxygen atoms in total. The minimum absolute atomic E-state index is 0.103. The maximum Gasteiger partial charge on any atom is 0.271 e. The van der Waals surface area contributed by atoms with Gasteiger partial charge in [-0.25, -0.2) is 4.39 Å². The zero-order valence-corrected chi connectivity index (χ0v) is 16.2. The Morgan fingerprint density at radius 3 is 2.57 bits per heavy atom. The van der Waals surface area contributed by atoms with Crippen LogP contribution in [0.2, 0.25) is 0 Å². The smallest absolute Gasteiger partial charge is 0.206 e. The quantitative estimate of drug-likeness (QED) is 0.375. The van der Waals surface area contributed by atoms with E-state index in [1.165, 1.54) is 25.3 Å². The molecule has 0 bridgehead atoms. The van der Waals surface area contributed by atoms with Gasteiger partial charge in [-0.05, 0) is 57.4 Å². The zero-order valence-electron chi connectivity index (χ0n) is 16.2. The first kappa shape index (κ1) is 20.3. The molecule has 0 aromatic heterocycles. The van der Waals surface area contributed by atoms with Crippen LogP contribution in [0.25, 0.3) is 16.8 Å². The number of hydrogen-bond donors (Lipinski definition) is 0. The highest BCUT2D eigenvalue weighted by Crippen LogP contribution is 2.32.